The summed E-state index contributed by atoms with van der Waals surface area (Å²) in [5.41, 5.74) is -0.245. The van der Waals surface area contributed by atoms with E-state index in [1.54, 1.807) is 24.3 Å². The molecule has 27 heavy (non-hydrogen) atoms. The second kappa shape index (κ2) is 8.49. The topological polar surface area (TPSA) is 92.5 Å². The second-order valence-electron chi connectivity index (χ2n) is 5.70. The quantitative estimate of drug-likeness (QED) is 0.587. The number of benzene rings is 2. The molecule has 0 amide bonds. The maximum atomic E-state index is 14.3. The molecule has 1 atom stereocenters. The Hall–Kier alpha value is -1.78. The number of hydrogen-bond acceptors (Lipinski definition) is 5. The molecular weight excluding hydrogens is 420 g/mol. The van der Waals surface area contributed by atoms with Gasteiger partial charge in [0.25, 0.3) is 15.7 Å². The molecule has 11 heteroatoms. The Morgan fingerprint density at radius 3 is 2.59 bits per heavy atom. The van der Waals surface area contributed by atoms with E-state index in [1.807, 2.05) is 0 Å². The summed E-state index contributed by atoms with van der Waals surface area (Å²) in [6.07, 6.45) is 0. The number of halogens is 3. The third-order valence-electron chi connectivity index (χ3n) is 4.17. The first-order valence-electron chi connectivity index (χ1n) is 7.74. The van der Waals surface area contributed by atoms with Crippen LogP contribution < -0.4 is 5.32 Å². The lowest BCUT2D eigenvalue weighted by atomic mass is 10.1. The summed E-state index contributed by atoms with van der Waals surface area (Å²) in [4.78, 5) is 9.40. The summed E-state index contributed by atoms with van der Waals surface area (Å²) in [6.45, 7) is 0.622. The van der Waals surface area contributed by atoms with Gasteiger partial charge in [0.15, 0.2) is 4.90 Å². The number of nitro benzene ring substituents is 1. The normalized spacial score (nSPS) is 17.9. The summed E-state index contributed by atoms with van der Waals surface area (Å²) < 4.78 is 41.7. The maximum Gasteiger partial charge on any atom is 0.292 e. The lowest BCUT2D eigenvalue weighted by Gasteiger charge is -2.35. The van der Waals surface area contributed by atoms with Gasteiger partial charge in [-0.25, -0.2) is 12.8 Å². The summed E-state index contributed by atoms with van der Waals surface area (Å²) in [5, 5.41) is 14.7. The molecule has 1 saturated heterocycles. The maximum absolute atomic E-state index is 14.3. The number of nitrogens with one attached hydrogen (secondary N) is 1. The number of nitro groups is 1. The van der Waals surface area contributed by atoms with Gasteiger partial charge in [0.1, 0.15) is 5.82 Å². The third kappa shape index (κ3) is 4.07. The Morgan fingerprint density at radius 1 is 1.22 bits per heavy atom. The van der Waals surface area contributed by atoms with E-state index >= 15 is 0 Å². The zero-order valence-corrected chi connectivity index (χ0v) is 16.2. The van der Waals surface area contributed by atoms with Gasteiger partial charge in [-0.1, -0.05) is 35.9 Å². The number of nitrogens with zero attached hydrogens (tertiary/aromatic N) is 2. The molecule has 0 aromatic heterocycles. The van der Waals surface area contributed by atoms with Gasteiger partial charge in [-0.3, -0.25) is 10.1 Å². The molecule has 0 radical (unpaired) electrons. The molecule has 2 aromatic carbocycles. The molecule has 0 spiro atoms. The fourth-order valence-corrected chi connectivity index (χ4v) is 5.07. The highest BCUT2D eigenvalue weighted by Gasteiger charge is 2.40. The van der Waals surface area contributed by atoms with Crippen molar-refractivity contribution in [2.24, 2.45) is 0 Å². The van der Waals surface area contributed by atoms with E-state index in [0.717, 1.165) is 22.5 Å². The first-order valence-corrected chi connectivity index (χ1v) is 9.55. The van der Waals surface area contributed by atoms with E-state index < -0.39 is 37.4 Å². The average Bonchev–Trinajstić information content (AvgIpc) is 2.61. The molecule has 1 aliphatic rings. The van der Waals surface area contributed by atoms with E-state index in [2.05, 4.69) is 5.32 Å². The van der Waals surface area contributed by atoms with Crippen LogP contribution in [0.15, 0.2) is 47.4 Å². The molecule has 2 aromatic rings. The highest BCUT2D eigenvalue weighted by atomic mass is 35.5. The molecule has 1 heterocycles. The monoisotopic (exact) mass is 435 g/mol. The predicted octanol–water partition coefficient (Wildman–Crippen LogP) is 3.14. The zero-order chi connectivity index (χ0) is 18.9. The predicted molar refractivity (Wildman–Crippen MR) is 101 cm³/mol. The van der Waals surface area contributed by atoms with E-state index in [-0.39, 0.29) is 25.5 Å². The Kier molecular flexibility index (Phi) is 6.77. The van der Waals surface area contributed by atoms with Crippen LogP contribution in [-0.2, 0) is 10.0 Å². The SMILES string of the molecule is Cl.O=[N+]([O-])c1cccc(F)c1S(=O)(=O)N1CCNCC1c1ccccc1Cl. The van der Waals surface area contributed by atoms with Crippen molar-refractivity contribution in [3.63, 3.8) is 0 Å². The lowest BCUT2D eigenvalue weighted by molar-refractivity contribution is -0.388. The van der Waals surface area contributed by atoms with Crippen LogP contribution in [0.4, 0.5) is 10.1 Å². The molecule has 0 aliphatic carbocycles. The van der Waals surface area contributed by atoms with Gasteiger partial charge < -0.3 is 5.32 Å². The van der Waals surface area contributed by atoms with Gasteiger partial charge in [0.05, 0.1) is 11.0 Å². The first kappa shape index (κ1) is 21.5. The highest BCUT2D eigenvalue weighted by molar-refractivity contribution is 7.89. The van der Waals surface area contributed by atoms with Crippen LogP contribution in [-0.4, -0.2) is 37.3 Å². The van der Waals surface area contributed by atoms with Crippen molar-refractivity contribution in [3.05, 3.63) is 69.0 Å². The van der Waals surface area contributed by atoms with Crippen molar-refractivity contribution in [3.8, 4) is 0 Å². The van der Waals surface area contributed by atoms with Crippen LogP contribution in [0.2, 0.25) is 5.02 Å². The van der Waals surface area contributed by atoms with Crippen LogP contribution >= 0.6 is 24.0 Å². The minimum Gasteiger partial charge on any atom is -0.313 e. The standard InChI is InChI=1S/C16H15ClFN3O4S.ClH/c17-12-5-2-1-4-11(12)15-10-19-8-9-20(15)26(24,25)16-13(18)6-3-7-14(16)21(22)23;/h1-7,15,19H,8-10H2;1H. The zero-order valence-electron chi connectivity index (χ0n) is 13.8. The van der Waals surface area contributed by atoms with Crippen molar-refractivity contribution in [1.82, 2.24) is 9.62 Å². The molecule has 1 fully saturated rings. The van der Waals surface area contributed by atoms with Crippen LogP contribution in [0.1, 0.15) is 11.6 Å². The number of piperazine rings is 1. The van der Waals surface area contributed by atoms with E-state index in [4.69, 9.17) is 11.6 Å². The molecule has 1 aliphatic heterocycles. The van der Waals surface area contributed by atoms with Crippen LogP contribution in [0.5, 0.6) is 0 Å². The van der Waals surface area contributed by atoms with Crippen molar-refractivity contribution in [2.75, 3.05) is 19.6 Å². The average molecular weight is 436 g/mol. The number of hydrogen-bond donors (Lipinski definition) is 1. The molecule has 7 nitrogen and oxygen atoms in total. The van der Waals surface area contributed by atoms with Gasteiger partial charge >= 0.3 is 0 Å². The lowest BCUT2D eigenvalue weighted by Crippen LogP contribution is -2.48. The Balaban J connectivity index is 0.00000261. The smallest absolute Gasteiger partial charge is 0.292 e. The summed E-state index contributed by atoms with van der Waals surface area (Å²) >= 11 is 6.20. The van der Waals surface area contributed by atoms with Crippen molar-refractivity contribution < 1.29 is 17.7 Å². The molecular formula is C16H16Cl2FN3O4S. The minimum atomic E-state index is -4.46. The molecule has 146 valence electrons. The molecule has 1 N–H and O–H groups in total. The molecule has 0 bridgehead atoms. The van der Waals surface area contributed by atoms with E-state index in [0.29, 0.717) is 17.1 Å². The fourth-order valence-electron chi connectivity index (χ4n) is 3.00. The van der Waals surface area contributed by atoms with Crippen LogP contribution in [0.3, 0.4) is 0 Å². The largest absolute Gasteiger partial charge is 0.313 e. The van der Waals surface area contributed by atoms with Gasteiger partial charge in [0.2, 0.25) is 0 Å². The van der Waals surface area contributed by atoms with Gasteiger partial charge in [-0.2, -0.15) is 4.31 Å². The summed E-state index contributed by atoms with van der Waals surface area (Å²) in [5.74, 6) is -1.16. The summed E-state index contributed by atoms with van der Waals surface area (Å²) in [6, 6.07) is 9.00. The van der Waals surface area contributed by atoms with E-state index in [1.165, 1.54) is 0 Å². The first-order chi connectivity index (χ1) is 12.3. The van der Waals surface area contributed by atoms with Crippen molar-refractivity contribution in [2.45, 2.75) is 10.9 Å². The minimum absolute atomic E-state index is 0. The van der Waals surface area contributed by atoms with Crippen LogP contribution in [0.25, 0.3) is 0 Å². The Morgan fingerprint density at radius 2 is 1.93 bits per heavy atom. The highest BCUT2D eigenvalue weighted by Crippen LogP contribution is 2.36. The number of rotatable bonds is 4. The van der Waals surface area contributed by atoms with Gasteiger partial charge in [-0.15, -0.1) is 12.4 Å². The van der Waals surface area contributed by atoms with Crippen LogP contribution in [0, 0.1) is 15.9 Å². The number of sulfonamides is 1. The molecule has 1 unspecified atom stereocenters. The van der Waals surface area contributed by atoms with Gasteiger partial charge in [0, 0.05) is 30.7 Å². The van der Waals surface area contributed by atoms with E-state index in [9.17, 15) is 22.9 Å². The molecule has 3 rings (SSSR count). The Labute approximate surface area is 166 Å². The Bertz CT molecular complexity index is 958. The van der Waals surface area contributed by atoms with Gasteiger partial charge in [-0.05, 0) is 17.7 Å². The fraction of sp³-hybridized carbons (Fsp3) is 0.250. The third-order valence-corrected chi connectivity index (χ3v) is 6.49. The molecule has 0 saturated carbocycles. The van der Waals surface area contributed by atoms with Crippen molar-refractivity contribution in [1.29, 1.82) is 0 Å². The van der Waals surface area contributed by atoms with Crippen molar-refractivity contribution >= 4 is 39.7 Å². The second-order valence-corrected chi connectivity index (χ2v) is 7.94. The summed E-state index contributed by atoms with van der Waals surface area (Å²) in [7, 11) is -4.46.